The molecule has 0 bridgehead atoms. The second-order valence-corrected chi connectivity index (χ2v) is 6.75. The number of aliphatic hydroxyl groups is 1. The highest BCUT2D eigenvalue weighted by molar-refractivity contribution is 5.83. The van der Waals surface area contributed by atoms with Gasteiger partial charge in [-0.2, -0.15) is 0 Å². The number of benzene rings is 2. The minimum Gasteiger partial charge on any atom is -0.493 e. The zero-order chi connectivity index (χ0) is 19.4. The quantitative estimate of drug-likeness (QED) is 0.672. The number of imidazole rings is 1. The van der Waals surface area contributed by atoms with Gasteiger partial charge in [0.2, 0.25) is 0 Å². The lowest BCUT2D eigenvalue weighted by atomic mass is 10.00. The number of methoxy groups -OCH3 is 2. The SMILES string of the molecule is COc1cccc(-c2c(-c3ccccc3)ncn2[C@@H](CO)C(C)C)c1OC. The molecule has 5 heteroatoms. The minimum atomic E-state index is -0.0964. The van der Waals surface area contributed by atoms with Gasteiger partial charge in [-0.15, -0.1) is 0 Å². The number of nitrogens with zero attached hydrogens (tertiary/aromatic N) is 2. The van der Waals surface area contributed by atoms with Crippen molar-refractivity contribution in [2.24, 2.45) is 5.92 Å². The Morgan fingerprint density at radius 1 is 1.00 bits per heavy atom. The molecular formula is C22H26N2O3. The van der Waals surface area contributed by atoms with Crippen molar-refractivity contribution in [3.8, 4) is 34.0 Å². The average molecular weight is 366 g/mol. The third-order valence-corrected chi connectivity index (χ3v) is 4.81. The molecule has 27 heavy (non-hydrogen) atoms. The van der Waals surface area contributed by atoms with Crippen molar-refractivity contribution in [1.82, 2.24) is 9.55 Å². The Morgan fingerprint density at radius 2 is 1.74 bits per heavy atom. The van der Waals surface area contributed by atoms with E-state index in [0.29, 0.717) is 11.5 Å². The molecule has 1 aromatic heterocycles. The Kier molecular flexibility index (Phi) is 5.81. The van der Waals surface area contributed by atoms with E-state index in [0.717, 1.165) is 22.5 Å². The van der Waals surface area contributed by atoms with E-state index >= 15 is 0 Å². The highest BCUT2D eigenvalue weighted by atomic mass is 16.5. The third-order valence-electron chi connectivity index (χ3n) is 4.81. The molecule has 142 valence electrons. The average Bonchev–Trinajstić information content (AvgIpc) is 3.12. The van der Waals surface area contributed by atoms with E-state index in [-0.39, 0.29) is 18.6 Å². The Hall–Kier alpha value is -2.79. The number of para-hydroxylation sites is 1. The van der Waals surface area contributed by atoms with E-state index in [1.165, 1.54) is 0 Å². The highest BCUT2D eigenvalue weighted by Gasteiger charge is 2.25. The van der Waals surface area contributed by atoms with Crippen LogP contribution >= 0.6 is 0 Å². The van der Waals surface area contributed by atoms with Gasteiger partial charge in [-0.05, 0) is 18.1 Å². The summed E-state index contributed by atoms with van der Waals surface area (Å²) in [6.45, 7) is 4.22. The number of rotatable bonds is 7. The summed E-state index contributed by atoms with van der Waals surface area (Å²) in [5, 5.41) is 10.0. The van der Waals surface area contributed by atoms with E-state index in [2.05, 4.69) is 13.8 Å². The van der Waals surface area contributed by atoms with Crippen LogP contribution in [0.1, 0.15) is 19.9 Å². The summed E-state index contributed by atoms with van der Waals surface area (Å²) in [5.74, 6) is 1.55. The smallest absolute Gasteiger partial charge is 0.170 e. The maximum atomic E-state index is 10.0. The van der Waals surface area contributed by atoms with Crippen LogP contribution in [0.15, 0.2) is 54.9 Å². The molecule has 0 unspecified atom stereocenters. The van der Waals surface area contributed by atoms with Crippen molar-refractivity contribution in [1.29, 1.82) is 0 Å². The summed E-state index contributed by atoms with van der Waals surface area (Å²) in [6, 6.07) is 15.7. The first-order valence-electron chi connectivity index (χ1n) is 9.06. The molecule has 1 atom stereocenters. The van der Waals surface area contributed by atoms with Crippen molar-refractivity contribution in [2.45, 2.75) is 19.9 Å². The number of aromatic nitrogens is 2. The molecule has 0 amide bonds. The predicted octanol–water partition coefficient (Wildman–Crippen LogP) is 4.42. The van der Waals surface area contributed by atoms with Crippen molar-refractivity contribution in [2.75, 3.05) is 20.8 Å². The molecule has 3 rings (SSSR count). The van der Waals surface area contributed by atoms with Crippen LogP contribution in [0.5, 0.6) is 11.5 Å². The van der Waals surface area contributed by atoms with E-state index in [9.17, 15) is 5.11 Å². The summed E-state index contributed by atoms with van der Waals surface area (Å²) < 4.78 is 13.2. The van der Waals surface area contributed by atoms with Crippen LogP contribution in [-0.2, 0) is 0 Å². The van der Waals surface area contributed by atoms with E-state index in [1.54, 1.807) is 20.5 Å². The van der Waals surface area contributed by atoms with Crippen LogP contribution in [0.2, 0.25) is 0 Å². The number of aliphatic hydroxyl groups excluding tert-OH is 1. The summed E-state index contributed by atoms with van der Waals surface area (Å²) >= 11 is 0. The number of ether oxygens (including phenoxy) is 2. The van der Waals surface area contributed by atoms with E-state index < -0.39 is 0 Å². The van der Waals surface area contributed by atoms with Crippen LogP contribution in [0.25, 0.3) is 22.5 Å². The fourth-order valence-electron chi connectivity index (χ4n) is 3.38. The minimum absolute atomic E-state index is 0.0293. The highest BCUT2D eigenvalue weighted by Crippen LogP contribution is 2.43. The lowest BCUT2D eigenvalue weighted by Gasteiger charge is -2.24. The summed E-state index contributed by atoms with van der Waals surface area (Å²) in [5.41, 5.74) is 3.65. The van der Waals surface area contributed by atoms with E-state index in [4.69, 9.17) is 14.5 Å². The maximum absolute atomic E-state index is 10.0. The molecule has 5 nitrogen and oxygen atoms in total. The molecule has 2 aromatic carbocycles. The predicted molar refractivity (Wildman–Crippen MR) is 107 cm³/mol. The summed E-state index contributed by atoms with van der Waals surface area (Å²) in [7, 11) is 3.26. The first-order valence-corrected chi connectivity index (χ1v) is 9.06. The van der Waals surface area contributed by atoms with Gasteiger partial charge in [-0.1, -0.05) is 50.2 Å². The molecule has 0 fully saturated rings. The van der Waals surface area contributed by atoms with Crippen molar-refractivity contribution in [3.63, 3.8) is 0 Å². The molecule has 0 saturated heterocycles. The fraction of sp³-hybridized carbons (Fsp3) is 0.318. The second-order valence-electron chi connectivity index (χ2n) is 6.75. The first kappa shape index (κ1) is 19.0. The molecule has 3 aromatic rings. The number of hydrogen-bond donors (Lipinski definition) is 1. The van der Waals surface area contributed by atoms with Gasteiger partial charge in [-0.25, -0.2) is 4.98 Å². The normalized spacial score (nSPS) is 12.2. The fourth-order valence-corrected chi connectivity index (χ4v) is 3.38. The van der Waals surface area contributed by atoms with Gasteiger partial charge >= 0.3 is 0 Å². The van der Waals surface area contributed by atoms with Gasteiger partial charge < -0.3 is 19.1 Å². The lowest BCUT2D eigenvalue weighted by molar-refractivity contribution is 0.194. The first-order chi connectivity index (χ1) is 13.1. The molecule has 1 N–H and O–H groups in total. The topological polar surface area (TPSA) is 56.5 Å². The molecule has 0 aliphatic carbocycles. The van der Waals surface area contributed by atoms with E-state index in [1.807, 2.05) is 53.1 Å². The molecule has 0 aliphatic rings. The summed E-state index contributed by atoms with van der Waals surface area (Å²) in [6.07, 6.45) is 1.80. The second kappa shape index (κ2) is 8.27. The molecule has 1 heterocycles. The largest absolute Gasteiger partial charge is 0.493 e. The molecule has 0 spiro atoms. The number of hydrogen-bond acceptors (Lipinski definition) is 4. The Morgan fingerprint density at radius 3 is 2.33 bits per heavy atom. The summed E-state index contributed by atoms with van der Waals surface area (Å²) in [4.78, 5) is 4.70. The van der Waals surface area contributed by atoms with Crippen molar-refractivity contribution in [3.05, 3.63) is 54.9 Å². The van der Waals surface area contributed by atoms with Gasteiger partial charge in [0.1, 0.15) is 0 Å². The Balaban J connectivity index is 2.31. The Labute approximate surface area is 160 Å². The van der Waals surface area contributed by atoms with Gasteiger partial charge in [0.15, 0.2) is 11.5 Å². The Bertz CT molecular complexity index is 888. The molecule has 0 aliphatic heterocycles. The van der Waals surface area contributed by atoms with Gasteiger partial charge in [0.25, 0.3) is 0 Å². The van der Waals surface area contributed by atoms with Crippen LogP contribution in [-0.4, -0.2) is 35.5 Å². The van der Waals surface area contributed by atoms with Crippen LogP contribution in [0, 0.1) is 5.92 Å². The maximum Gasteiger partial charge on any atom is 0.170 e. The standard InChI is InChI=1S/C22H26N2O3/c1-15(2)18(13-25)24-14-23-20(16-9-6-5-7-10-16)21(24)17-11-8-12-19(26-3)22(17)27-4/h5-12,14-15,18,25H,13H2,1-4H3/t18-/m0/s1. The lowest BCUT2D eigenvalue weighted by Crippen LogP contribution is -2.19. The monoisotopic (exact) mass is 366 g/mol. The molecular weight excluding hydrogens is 340 g/mol. The molecule has 0 saturated carbocycles. The van der Waals surface area contributed by atoms with Crippen molar-refractivity contribution < 1.29 is 14.6 Å². The van der Waals surface area contributed by atoms with Gasteiger partial charge in [-0.3, -0.25) is 0 Å². The van der Waals surface area contributed by atoms with Crippen LogP contribution in [0.4, 0.5) is 0 Å². The van der Waals surface area contributed by atoms with Crippen LogP contribution < -0.4 is 9.47 Å². The zero-order valence-electron chi connectivity index (χ0n) is 16.2. The van der Waals surface area contributed by atoms with Gasteiger partial charge in [0, 0.05) is 11.1 Å². The van der Waals surface area contributed by atoms with Crippen molar-refractivity contribution >= 4 is 0 Å². The third kappa shape index (κ3) is 3.55. The molecule has 0 radical (unpaired) electrons. The van der Waals surface area contributed by atoms with Crippen LogP contribution in [0.3, 0.4) is 0 Å². The zero-order valence-corrected chi connectivity index (χ0v) is 16.2. The van der Waals surface area contributed by atoms with Gasteiger partial charge in [0.05, 0.1) is 44.6 Å².